The molecular weight excluding hydrogens is 784 g/mol. The lowest BCUT2D eigenvalue weighted by atomic mass is 10.0. The topological polar surface area (TPSA) is 194 Å². The molecule has 0 spiro atoms. The van der Waals surface area contributed by atoms with E-state index in [1.807, 2.05) is 36.5 Å². The van der Waals surface area contributed by atoms with E-state index in [4.69, 9.17) is 4.74 Å². The molecule has 2 aromatic carbocycles. The van der Waals surface area contributed by atoms with Crippen LogP contribution in [0.3, 0.4) is 0 Å². The monoisotopic (exact) mass is 828 g/mol. The molecule has 17 nitrogen and oxygen atoms in total. The van der Waals surface area contributed by atoms with Crippen LogP contribution in [0.25, 0.3) is 22.4 Å². The summed E-state index contributed by atoms with van der Waals surface area (Å²) >= 11 is 0. The molecule has 4 aromatic heterocycles. The number of nitrogens with zero attached hydrogens (tertiary/aromatic N) is 8. The number of carbonyl (C=O) groups excluding carboxylic acids is 3. The molecule has 18 heteroatoms. The minimum Gasteiger partial charge on any atom is -0.494 e. The minimum atomic E-state index is -0.718. The lowest BCUT2D eigenvalue weighted by Crippen LogP contribution is -2.44. The number of rotatable bonds is 12. The molecule has 1 unspecified atom stereocenters. The molecule has 8 rings (SSSR count). The van der Waals surface area contributed by atoms with Gasteiger partial charge in [0, 0.05) is 70.3 Å². The van der Waals surface area contributed by atoms with Gasteiger partial charge in [-0.1, -0.05) is 12.1 Å². The number of carbonyl (C=O) groups is 3. The number of ether oxygens (including phenoxy) is 1. The number of benzene rings is 2. The van der Waals surface area contributed by atoms with Crippen LogP contribution in [0.4, 0.5) is 33.1 Å². The summed E-state index contributed by atoms with van der Waals surface area (Å²) in [5, 5.41) is 11.5. The van der Waals surface area contributed by atoms with Crippen LogP contribution >= 0.6 is 0 Å². The first kappa shape index (κ1) is 40.6. The Bertz CT molecular complexity index is 2680. The summed E-state index contributed by atoms with van der Waals surface area (Å²) in [6, 6.07) is 16.5. The van der Waals surface area contributed by atoms with Crippen LogP contribution in [0, 0.1) is 5.82 Å². The number of hydrogen-bond acceptors (Lipinski definition) is 13. The fourth-order valence-corrected chi connectivity index (χ4v) is 8.05. The SMILES string of the molecule is CNC(=O)c1cnc(Nc2ccc(CN(C)C3CCN(c4ccc5c(c4)n(C)c(=O)n5C4CCC(=O)NC4=O)CC3)cn2)cc1Nc1cccc(-c2ncc(F)cn2)c1OC. The summed E-state index contributed by atoms with van der Waals surface area (Å²) in [4.78, 5) is 72.5. The van der Waals surface area contributed by atoms with Gasteiger partial charge in [-0.15, -0.1) is 0 Å². The maximum atomic E-state index is 13.5. The molecule has 6 heterocycles. The molecule has 2 fully saturated rings. The molecule has 0 radical (unpaired) electrons. The van der Waals surface area contributed by atoms with E-state index in [1.54, 1.807) is 42.9 Å². The van der Waals surface area contributed by atoms with Crippen molar-refractivity contribution in [3.05, 3.63) is 107 Å². The van der Waals surface area contributed by atoms with Crippen LogP contribution in [0.15, 0.2) is 84.2 Å². The van der Waals surface area contributed by atoms with Gasteiger partial charge in [-0.3, -0.25) is 33.7 Å². The Balaban J connectivity index is 0.902. The third kappa shape index (κ3) is 8.34. The fourth-order valence-electron chi connectivity index (χ4n) is 8.05. The van der Waals surface area contributed by atoms with Crippen LogP contribution in [0.5, 0.6) is 5.75 Å². The fraction of sp³-hybridized carbons (Fsp3) is 0.302. The van der Waals surface area contributed by atoms with E-state index < -0.39 is 17.8 Å². The lowest BCUT2D eigenvalue weighted by molar-refractivity contribution is -0.135. The molecule has 1 atom stereocenters. The molecule has 0 aliphatic carbocycles. The van der Waals surface area contributed by atoms with E-state index in [0.29, 0.717) is 64.4 Å². The Hall–Kier alpha value is -7.21. The van der Waals surface area contributed by atoms with E-state index in [0.717, 1.165) is 55.1 Å². The molecule has 0 bridgehead atoms. The molecule has 2 aliphatic rings. The van der Waals surface area contributed by atoms with Crippen molar-refractivity contribution in [1.29, 1.82) is 0 Å². The maximum absolute atomic E-state index is 13.5. The standard InChI is InChI=1S/C43H45FN12O5/c1-45-41(58)30-23-47-37(19-32(30)50-31-7-5-6-29(39(31)61-4)40-48-21-26(44)22-49-40)51-36-12-8-25(20-46-36)24-53(2)27-14-16-55(17-15-27)28-9-10-33-35(18-28)54(3)43(60)56(33)34-11-13-38(57)52-42(34)59/h5-10,12,18-23,27,34H,11,13-17,24H2,1-4H3,(H,45,58)(H,52,57,59)(H2,46,47,50,51). The number of nitrogens with one attached hydrogen (secondary N) is 4. The number of aromatic nitrogens is 6. The Morgan fingerprint density at radius 2 is 1.67 bits per heavy atom. The van der Waals surface area contributed by atoms with Gasteiger partial charge in [0.2, 0.25) is 11.8 Å². The van der Waals surface area contributed by atoms with Crippen LogP contribution < -0.4 is 36.6 Å². The van der Waals surface area contributed by atoms with Gasteiger partial charge in [0.1, 0.15) is 17.7 Å². The van der Waals surface area contributed by atoms with E-state index >= 15 is 0 Å². The van der Waals surface area contributed by atoms with E-state index in [1.165, 1.54) is 17.9 Å². The summed E-state index contributed by atoms with van der Waals surface area (Å²) in [6.07, 6.45) is 7.86. The van der Waals surface area contributed by atoms with Gasteiger partial charge in [0.15, 0.2) is 17.4 Å². The van der Waals surface area contributed by atoms with Gasteiger partial charge in [-0.05, 0) is 68.3 Å². The normalized spacial score (nSPS) is 15.8. The predicted octanol–water partition coefficient (Wildman–Crippen LogP) is 4.66. The van der Waals surface area contributed by atoms with Gasteiger partial charge >= 0.3 is 5.69 Å². The average Bonchev–Trinajstić information content (AvgIpc) is 3.52. The van der Waals surface area contributed by atoms with Crippen LogP contribution in [0.1, 0.15) is 47.6 Å². The molecule has 3 amide bonds. The Morgan fingerprint density at radius 1 is 0.902 bits per heavy atom. The van der Waals surface area contributed by atoms with Crippen molar-refractivity contribution >= 4 is 57.5 Å². The van der Waals surface area contributed by atoms with Gasteiger partial charge in [-0.2, -0.15) is 0 Å². The highest BCUT2D eigenvalue weighted by atomic mass is 19.1. The van der Waals surface area contributed by atoms with Crippen molar-refractivity contribution in [2.45, 2.75) is 44.3 Å². The number of methoxy groups -OCH3 is 1. The van der Waals surface area contributed by atoms with Gasteiger partial charge in [0.25, 0.3) is 5.91 Å². The van der Waals surface area contributed by atoms with Crippen molar-refractivity contribution in [3.8, 4) is 17.1 Å². The second-order valence-corrected chi connectivity index (χ2v) is 15.1. The zero-order chi connectivity index (χ0) is 42.8. The second kappa shape index (κ2) is 17.2. The highest BCUT2D eigenvalue weighted by Gasteiger charge is 2.32. The van der Waals surface area contributed by atoms with Crippen LogP contribution in [0.2, 0.25) is 0 Å². The van der Waals surface area contributed by atoms with Crippen molar-refractivity contribution in [3.63, 3.8) is 0 Å². The highest BCUT2D eigenvalue weighted by Crippen LogP contribution is 2.37. The Labute approximate surface area is 350 Å². The number of halogens is 1. The number of anilines is 5. The molecule has 61 heavy (non-hydrogen) atoms. The zero-order valence-electron chi connectivity index (χ0n) is 34.1. The third-order valence-corrected chi connectivity index (χ3v) is 11.3. The van der Waals surface area contributed by atoms with Crippen molar-refractivity contribution < 1.29 is 23.5 Å². The van der Waals surface area contributed by atoms with Crippen molar-refractivity contribution in [2.24, 2.45) is 7.05 Å². The number of para-hydroxylation sites is 1. The number of imidazole rings is 1. The Morgan fingerprint density at radius 3 is 2.38 bits per heavy atom. The number of pyridine rings is 2. The first-order valence-corrected chi connectivity index (χ1v) is 19.9. The molecule has 6 aromatic rings. The molecule has 0 saturated carbocycles. The Kier molecular flexibility index (Phi) is 11.4. The van der Waals surface area contributed by atoms with Gasteiger partial charge in [-0.25, -0.2) is 29.1 Å². The number of imide groups is 1. The number of piperidine rings is 2. The summed E-state index contributed by atoms with van der Waals surface area (Å²) in [6.45, 7) is 2.39. The summed E-state index contributed by atoms with van der Waals surface area (Å²) in [5.41, 5.74) is 5.01. The summed E-state index contributed by atoms with van der Waals surface area (Å²) < 4.78 is 22.3. The smallest absolute Gasteiger partial charge is 0.329 e. The van der Waals surface area contributed by atoms with E-state index in [9.17, 15) is 23.6 Å². The largest absolute Gasteiger partial charge is 0.494 e. The molecular formula is C43H45FN12O5. The third-order valence-electron chi connectivity index (χ3n) is 11.3. The lowest BCUT2D eigenvalue weighted by Gasteiger charge is -2.38. The second-order valence-electron chi connectivity index (χ2n) is 15.1. The number of hydrogen-bond donors (Lipinski definition) is 4. The average molecular weight is 829 g/mol. The number of aryl methyl sites for hydroxylation is 1. The minimum absolute atomic E-state index is 0.197. The first-order chi connectivity index (χ1) is 29.5. The molecule has 2 saturated heterocycles. The molecule has 4 N–H and O–H groups in total. The number of fused-ring (bicyclic) bond motifs is 1. The highest BCUT2D eigenvalue weighted by molar-refractivity contribution is 6.01. The molecule has 314 valence electrons. The van der Waals surface area contributed by atoms with Gasteiger partial charge in [0.05, 0.1) is 53.0 Å². The molecule has 2 aliphatic heterocycles. The van der Waals surface area contributed by atoms with Crippen molar-refractivity contribution in [1.82, 2.24) is 44.6 Å². The van der Waals surface area contributed by atoms with Crippen molar-refractivity contribution in [2.75, 3.05) is 49.8 Å². The van der Waals surface area contributed by atoms with Crippen LogP contribution in [-0.4, -0.2) is 92.0 Å². The predicted molar refractivity (Wildman–Crippen MR) is 228 cm³/mol. The summed E-state index contributed by atoms with van der Waals surface area (Å²) in [7, 11) is 6.88. The first-order valence-electron chi connectivity index (χ1n) is 19.9. The summed E-state index contributed by atoms with van der Waals surface area (Å²) in [5.74, 6) is 0.0429. The van der Waals surface area contributed by atoms with E-state index in [-0.39, 0.29) is 29.7 Å². The van der Waals surface area contributed by atoms with Crippen LogP contribution in [-0.2, 0) is 23.2 Å². The quantitative estimate of drug-likeness (QED) is 0.125. The van der Waals surface area contributed by atoms with E-state index in [2.05, 4.69) is 58.1 Å². The maximum Gasteiger partial charge on any atom is 0.329 e. The number of amides is 3. The zero-order valence-corrected chi connectivity index (χ0v) is 34.1. The van der Waals surface area contributed by atoms with Gasteiger partial charge < -0.3 is 25.6 Å².